The summed E-state index contributed by atoms with van der Waals surface area (Å²) in [5, 5.41) is 65.1. The number of anilines is 1. The summed E-state index contributed by atoms with van der Waals surface area (Å²) in [4.78, 5) is 20.3. The Hall–Kier alpha value is -4.32. The number of nitrogens with one attached hydrogen (secondary N) is 3. The highest BCUT2D eigenvalue weighted by Gasteiger charge is 2.61. The number of rotatable bonds is 17. The van der Waals surface area contributed by atoms with Crippen LogP contribution in [-0.4, -0.2) is 95.7 Å². The molecule has 74 heavy (non-hydrogen) atoms. The van der Waals surface area contributed by atoms with E-state index in [1.54, 1.807) is 20.2 Å². The summed E-state index contributed by atoms with van der Waals surface area (Å²) in [6.07, 6.45) is 23.1. The first-order chi connectivity index (χ1) is 35.9. The van der Waals surface area contributed by atoms with E-state index in [-0.39, 0.29) is 54.2 Å². The molecule has 2 aromatic rings. The second-order valence-corrected chi connectivity index (χ2v) is 24.0. The van der Waals surface area contributed by atoms with Crippen molar-refractivity contribution in [2.24, 2.45) is 57.8 Å². The van der Waals surface area contributed by atoms with E-state index in [0.29, 0.717) is 91.9 Å². The molecule has 2 bridgehead atoms. The van der Waals surface area contributed by atoms with Crippen LogP contribution in [0.3, 0.4) is 0 Å². The maximum Gasteiger partial charge on any atom is 0.207 e. The van der Waals surface area contributed by atoms with Crippen LogP contribution >= 0.6 is 0 Å². The van der Waals surface area contributed by atoms with Gasteiger partial charge in [-0.25, -0.2) is 0 Å². The molecule has 406 valence electrons. The number of aromatic hydroxyl groups is 2. The number of allylic oxidation sites excluding steroid dienone is 2. The number of benzene rings is 2. The lowest BCUT2D eigenvalue weighted by atomic mass is 9.45. The molecule has 0 amide bonds. The van der Waals surface area contributed by atoms with Crippen molar-refractivity contribution in [3.8, 4) is 35.0 Å². The molecule has 13 heteroatoms. The van der Waals surface area contributed by atoms with Crippen LogP contribution in [0.25, 0.3) is 0 Å². The maximum atomic E-state index is 15.7. The van der Waals surface area contributed by atoms with Crippen molar-refractivity contribution in [3.05, 3.63) is 53.6 Å². The van der Waals surface area contributed by atoms with E-state index in [2.05, 4.69) is 58.0 Å². The quantitative estimate of drug-likeness (QED) is 0.0426. The van der Waals surface area contributed by atoms with Crippen LogP contribution in [0.5, 0.6) is 23.0 Å². The Balaban J connectivity index is 1.16. The molecule has 1 heterocycles. The number of aliphatic imine (C=N–C) groups is 1. The zero-order chi connectivity index (χ0) is 52.1. The number of aliphatic hydroxyl groups excluding tert-OH is 3. The normalized spacial score (nSPS) is 34.8. The Morgan fingerprint density at radius 2 is 1.74 bits per heavy atom. The van der Waals surface area contributed by atoms with Crippen LogP contribution in [0.4, 0.5) is 5.69 Å². The minimum atomic E-state index is -0.952. The third-order valence-corrected chi connectivity index (χ3v) is 20.1. The molecule has 12 atom stereocenters. The van der Waals surface area contributed by atoms with Crippen molar-refractivity contribution >= 4 is 17.4 Å². The van der Waals surface area contributed by atoms with Gasteiger partial charge >= 0.3 is 0 Å². The number of hydrogen-bond acceptors (Lipinski definition) is 11. The van der Waals surface area contributed by atoms with Gasteiger partial charge in [-0.15, -0.1) is 0 Å². The molecule has 1 aliphatic heterocycles. The first kappa shape index (κ1) is 54.5. The number of phenolic OH excluding ortho intramolecular Hbond substituents is 2. The fourth-order valence-electron chi connectivity index (χ4n) is 16.7. The fraction of sp³-hybridized carbons (Fsp3) is 0.705. The van der Waals surface area contributed by atoms with Crippen LogP contribution in [0.1, 0.15) is 159 Å². The van der Waals surface area contributed by atoms with Gasteiger partial charge in [-0.05, 0) is 192 Å². The van der Waals surface area contributed by atoms with Gasteiger partial charge in [0.1, 0.15) is 5.60 Å². The Morgan fingerprint density at radius 3 is 2.50 bits per heavy atom. The summed E-state index contributed by atoms with van der Waals surface area (Å²) in [7, 11) is 5.19. The average molecular weight is 1020 g/mol. The van der Waals surface area contributed by atoms with Crippen molar-refractivity contribution in [3.63, 3.8) is 0 Å². The van der Waals surface area contributed by atoms with Gasteiger partial charge in [-0.2, -0.15) is 0 Å². The molecular weight excluding hydrogens is 933 g/mol. The van der Waals surface area contributed by atoms with Gasteiger partial charge in [-0.1, -0.05) is 63.5 Å². The Bertz CT molecular complexity index is 2390. The highest BCUT2D eigenvalue weighted by molar-refractivity contribution is 5.97. The number of likely N-dealkylation sites (N-methyl/N-ethyl adjacent to an activating group) is 1. The highest BCUT2D eigenvalue weighted by atomic mass is 16.6. The number of ketones is 1. The Kier molecular flexibility index (Phi) is 17.3. The number of fused-ring (bicyclic) bond motifs is 5. The van der Waals surface area contributed by atoms with Crippen LogP contribution < -0.4 is 25.4 Å². The van der Waals surface area contributed by atoms with Crippen molar-refractivity contribution in [1.82, 2.24) is 10.6 Å². The number of ether oxygens (including phenoxy) is 3. The minimum Gasteiger partial charge on any atom is -0.504 e. The Morgan fingerprint density at radius 1 is 0.919 bits per heavy atom. The van der Waals surface area contributed by atoms with Crippen LogP contribution in [0.15, 0.2) is 47.5 Å². The smallest absolute Gasteiger partial charge is 0.207 e. The first-order valence-corrected chi connectivity index (χ1v) is 28.7. The van der Waals surface area contributed by atoms with Gasteiger partial charge in [0.05, 0.1) is 18.4 Å². The fourth-order valence-corrected chi connectivity index (χ4v) is 16.7. The lowest BCUT2D eigenvalue weighted by molar-refractivity contribution is -0.195. The van der Waals surface area contributed by atoms with Gasteiger partial charge in [-0.3, -0.25) is 15.1 Å². The van der Waals surface area contributed by atoms with E-state index in [0.717, 1.165) is 114 Å². The van der Waals surface area contributed by atoms with E-state index >= 15 is 4.79 Å². The number of carbonyl (C=O) groups is 1. The van der Waals surface area contributed by atoms with Gasteiger partial charge in [0, 0.05) is 56.5 Å². The number of guanidine groups is 1. The van der Waals surface area contributed by atoms with Crippen LogP contribution in [-0.2, 0) is 21.4 Å². The number of nitrogens with zero attached hydrogens (tertiary/aromatic N) is 1. The van der Waals surface area contributed by atoms with E-state index in [1.807, 2.05) is 25.3 Å². The van der Waals surface area contributed by atoms with Gasteiger partial charge in [0.15, 0.2) is 35.1 Å². The van der Waals surface area contributed by atoms with Crippen LogP contribution in [0.2, 0.25) is 0 Å². The molecule has 0 unspecified atom stereocenters. The molecule has 6 saturated carbocycles. The zero-order valence-electron chi connectivity index (χ0n) is 44.9. The summed E-state index contributed by atoms with van der Waals surface area (Å²) >= 11 is 0. The first-order valence-electron chi connectivity index (χ1n) is 28.7. The van der Waals surface area contributed by atoms with E-state index in [4.69, 9.17) is 14.2 Å². The number of phenols is 2. The number of hydrogen-bond donors (Lipinski definition) is 8. The highest BCUT2D eigenvalue weighted by Crippen LogP contribution is 2.67. The lowest BCUT2D eigenvalue weighted by Gasteiger charge is -2.59. The molecule has 2 aromatic carbocycles. The van der Waals surface area contributed by atoms with Crippen molar-refractivity contribution < 1.29 is 44.5 Å². The SMILES string of the molecule is CC[C@@H]1CC[C@H]2[C@H](C1)[C@H]1/C=C/C(=O)[C@@]3(Cc4ccc(O)c(OC)c4)CCC[C@@H]3CC#CNC(=NC)Nc3cc(cc(O[C@]4(CNC)CC[C@@H](C[C@H](O)OC5(CCO)CCCC5)C4)c3O)[C@]13CCC[C@H]3[C@H]2CCCO. The zero-order valence-corrected chi connectivity index (χ0v) is 44.9. The second-order valence-electron chi connectivity index (χ2n) is 24.0. The van der Waals surface area contributed by atoms with Crippen molar-refractivity contribution in [2.75, 3.05) is 46.3 Å². The molecule has 8 N–H and O–H groups in total. The summed E-state index contributed by atoms with van der Waals surface area (Å²) in [6.45, 7) is 3.04. The molecule has 7 aliphatic rings. The minimum absolute atomic E-state index is 0.00600. The molecular formula is C61H88N4O9. The number of carbonyl (C=O) groups excluding carboxylic acids is 1. The molecule has 13 nitrogen and oxygen atoms in total. The van der Waals surface area contributed by atoms with Crippen molar-refractivity contribution in [1.29, 1.82) is 0 Å². The van der Waals surface area contributed by atoms with Gasteiger partial charge < -0.3 is 50.4 Å². The molecule has 0 aromatic heterocycles. The Labute approximate surface area is 441 Å². The number of aliphatic hydroxyl groups is 3. The standard InChI is InChI=1S/C61H88N4O9/c1-5-40-16-18-45-46(14-11-30-66)48-15-9-26-61(48)44-35-50(56(71)53(36-44)73-59(39-62-2)27-22-42(37-59)34-55(70)74-58(28-31-67)23-6-7-24-58)65-57(63-3)64-29-10-13-43-12-8-25-60(43,54(69)21-19-49(61)47(45)32-40)38-41-17-20-51(68)52(33-41)72-4/h17,19-21,33,35-36,40,42-43,45-49,55,62,66-68,70-71H,5-9,11-16,18,22-28,30-32,34,37-39H2,1-4H3,(H2,63,64,65)/b21-19+/t40-,42+,43-,45-,46+,47+,48+,49-,55-,59-,60-,61+/m1/s1. The van der Waals surface area contributed by atoms with Crippen LogP contribution in [0, 0.1) is 64.7 Å². The predicted octanol–water partition coefficient (Wildman–Crippen LogP) is 9.67. The van der Waals surface area contributed by atoms with Gasteiger partial charge in [0.2, 0.25) is 5.96 Å². The summed E-state index contributed by atoms with van der Waals surface area (Å²) < 4.78 is 19.3. The lowest BCUT2D eigenvalue weighted by Crippen LogP contribution is -2.55. The summed E-state index contributed by atoms with van der Waals surface area (Å²) in [6, 6.07) is 12.9. The monoisotopic (exact) mass is 1020 g/mol. The number of methoxy groups -OCH3 is 1. The van der Waals surface area contributed by atoms with E-state index in [1.165, 1.54) is 6.42 Å². The molecule has 0 saturated heterocycles. The van der Waals surface area contributed by atoms with E-state index < -0.39 is 28.3 Å². The maximum absolute atomic E-state index is 15.7. The molecule has 1 spiro atoms. The molecule has 0 radical (unpaired) electrons. The van der Waals surface area contributed by atoms with Gasteiger partial charge in [0.25, 0.3) is 0 Å². The predicted molar refractivity (Wildman–Crippen MR) is 289 cm³/mol. The third kappa shape index (κ3) is 10.8. The third-order valence-electron chi connectivity index (χ3n) is 20.1. The molecule has 6 fully saturated rings. The van der Waals surface area contributed by atoms with E-state index in [9.17, 15) is 25.5 Å². The topological polar surface area (TPSA) is 194 Å². The molecule has 9 rings (SSSR count). The largest absolute Gasteiger partial charge is 0.504 e. The molecule has 6 aliphatic carbocycles. The second kappa shape index (κ2) is 23.5. The summed E-state index contributed by atoms with van der Waals surface area (Å²) in [5.74, 6) is 6.86. The summed E-state index contributed by atoms with van der Waals surface area (Å²) in [5.41, 5.74) is 0.200. The average Bonchev–Trinajstić information content (AvgIpc) is 4.22. The van der Waals surface area contributed by atoms with Crippen molar-refractivity contribution in [2.45, 2.75) is 178 Å².